The maximum Gasteiger partial charge on any atom is 0.257 e. The molecule has 1 aromatic heterocycles. The van der Waals surface area contributed by atoms with E-state index in [2.05, 4.69) is 16.0 Å². The third-order valence-corrected chi connectivity index (χ3v) is 10.1. The molecule has 3 aromatic rings. The highest BCUT2D eigenvalue weighted by Gasteiger charge is 2.57. The summed E-state index contributed by atoms with van der Waals surface area (Å²) in [6.07, 6.45) is 2.75. The third kappa shape index (κ3) is 3.72. The number of hydrogen-bond acceptors (Lipinski definition) is 6. The third-order valence-electron chi connectivity index (χ3n) is 7.92. The Labute approximate surface area is 210 Å². The Morgan fingerprint density at radius 3 is 2.42 bits per heavy atom. The van der Waals surface area contributed by atoms with Crippen LogP contribution in [0.2, 0.25) is 0 Å². The van der Waals surface area contributed by atoms with Crippen molar-refractivity contribution >= 4 is 33.1 Å². The Morgan fingerprint density at radius 1 is 1.08 bits per heavy atom. The van der Waals surface area contributed by atoms with Crippen LogP contribution in [-0.2, 0) is 5.41 Å². The number of hydrogen-bond donors (Lipinski definition) is 2. The van der Waals surface area contributed by atoms with Gasteiger partial charge in [-0.2, -0.15) is 15.9 Å². The van der Waals surface area contributed by atoms with Crippen molar-refractivity contribution in [2.75, 3.05) is 42.6 Å². The second kappa shape index (κ2) is 8.17. The number of halogens is 1. The molecule has 6 rings (SSSR count). The van der Waals surface area contributed by atoms with E-state index in [0.717, 1.165) is 5.56 Å². The van der Waals surface area contributed by atoms with Crippen molar-refractivity contribution in [2.24, 2.45) is 5.41 Å². The quantitative estimate of drug-likeness (QED) is 0.537. The van der Waals surface area contributed by atoms with Gasteiger partial charge >= 0.3 is 0 Å². The number of aromatic nitrogens is 1. The van der Waals surface area contributed by atoms with E-state index < -0.39 is 21.8 Å². The van der Waals surface area contributed by atoms with Crippen molar-refractivity contribution in [2.45, 2.75) is 18.3 Å². The summed E-state index contributed by atoms with van der Waals surface area (Å²) in [6, 6.07) is 16.7. The van der Waals surface area contributed by atoms with Gasteiger partial charge in [-0.1, -0.05) is 30.3 Å². The minimum absolute atomic E-state index is 0.183. The fourth-order valence-corrected chi connectivity index (χ4v) is 8.42. The summed E-state index contributed by atoms with van der Waals surface area (Å²) in [4.78, 5) is 21.9. The van der Waals surface area contributed by atoms with Crippen LogP contribution in [0.1, 0.15) is 28.8 Å². The van der Waals surface area contributed by atoms with Crippen LogP contribution in [0.15, 0.2) is 54.7 Å². The molecule has 0 saturated carbocycles. The number of nitrogens with zero attached hydrogens (tertiary/aromatic N) is 4. The molecule has 3 fully saturated rings. The van der Waals surface area contributed by atoms with Crippen molar-refractivity contribution < 1.29 is 18.3 Å². The van der Waals surface area contributed by atoms with Gasteiger partial charge in [0.1, 0.15) is 5.82 Å². The van der Waals surface area contributed by atoms with E-state index >= 15 is 0 Å². The Bertz CT molecular complexity index is 1380. The first-order chi connectivity index (χ1) is 17.2. The maximum absolute atomic E-state index is 14.3. The number of benzene rings is 2. The van der Waals surface area contributed by atoms with Crippen molar-refractivity contribution in [1.29, 1.82) is 5.26 Å². The number of pyridine rings is 1. The molecule has 1 amide bonds. The van der Waals surface area contributed by atoms with E-state index in [0.29, 0.717) is 72.7 Å². The topological polar surface area (TPSA) is 101 Å². The van der Waals surface area contributed by atoms with Gasteiger partial charge in [-0.05, 0) is 36.6 Å². The minimum Gasteiger partial charge on any atom is -0.370 e. The minimum atomic E-state index is -2.49. The molecule has 3 saturated heterocycles. The number of piperidine rings is 1. The van der Waals surface area contributed by atoms with Crippen molar-refractivity contribution in [3.05, 3.63) is 71.7 Å². The van der Waals surface area contributed by atoms with Gasteiger partial charge in [-0.15, -0.1) is 0 Å². The fraction of sp³-hybridized carbons (Fsp3) is 0.370. The highest BCUT2D eigenvalue weighted by atomic mass is 32.3. The second-order valence-electron chi connectivity index (χ2n) is 10.5. The fourth-order valence-electron chi connectivity index (χ4n) is 6.18. The Balaban J connectivity index is 1.32. The molecule has 1 spiro atoms. The normalized spacial score (nSPS) is 22.4. The molecule has 3 aliphatic heterocycles. The van der Waals surface area contributed by atoms with Gasteiger partial charge in [0.05, 0.1) is 28.3 Å². The molecule has 0 unspecified atom stereocenters. The molecule has 9 heteroatoms. The van der Waals surface area contributed by atoms with E-state index in [1.54, 1.807) is 17.2 Å². The average molecular weight is 507 g/mol. The molecule has 0 bridgehead atoms. The molecule has 4 heterocycles. The summed E-state index contributed by atoms with van der Waals surface area (Å²) in [5.41, 5.74) is 1.87. The molecular formula is C27H27FN4O3S. The molecule has 0 atom stereocenters. The average Bonchev–Trinajstić information content (AvgIpc) is 2.85. The molecule has 7 nitrogen and oxygen atoms in total. The number of nitriles is 1. The Hall–Kier alpha value is -3.19. The zero-order chi connectivity index (χ0) is 25.1. The van der Waals surface area contributed by atoms with Crippen LogP contribution in [0, 0.1) is 22.6 Å². The smallest absolute Gasteiger partial charge is 0.257 e. The number of fused-ring (bicyclic) bond motifs is 1. The lowest BCUT2D eigenvalue weighted by molar-refractivity contribution is 0.0173. The number of carbonyl (C=O) groups excluding carboxylic acids is 1. The van der Waals surface area contributed by atoms with E-state index in [-0.39, 0.29) is 11.3 Å². The molecule has 0 aliphatic carbocycles. The summed E-state index contributed by atoms with van der Waals surface area (Å²) in [6.45, 7) is 2.05. The highest BCUT2D eigenvalue weighted by molar-refractivity contribution is 8.25. The molecular weight excluding hydrogens is 479 g/mol. The van der Waals surface area contributed by atoms with Crippen molar-refractivity contribution in [3.8, 4) is 6.07 Å². The zero-order valence-electron chi connectivity index (χ0n) is 19.7. The first-order valence-corrected chi connectivity index (χ1v) is 13.9. The van der Waals surface area contributed by atoms with E-state index in [9.17, 15) is 23.6 Å². The molecule has 0 radical (unpaired) electrons. The van der Waals surface area contributed by atoms with Crippen LogP contribution in [0.25, 0.3) is 10.9 Å². The van der Waals surface area contributed by atoms with Gasteiger partial charge in [-0.3, -0.25) is 18.9 Å². The predicted molar refractivity (Wildman–Crippen MR) is 138 cm³/mol. The van der Waals surface area contributed by atoms with Crippen LogP contribution in [0.4, 0.5) is 10.1 Å². The Kier molecular flexibility index (Phi) is 5.27. The van der Waals surface area contributed by atoms with Gasteiger partial charge in [0.2, 0.25) is 0 Å². The van der Waals surface area contributed by atoms with Crippen molar-refractivity contribution in [1.82, 2.24) is 9.88 Å². The molecule has 36 heavy (non-hydrogen) atoms. The summed E-state index contributed by atoms with van der Waals surface area (Å²) < 4.78 is 34.0. The van der Waals surface area contributed by atoms with Crippen LogP contribution < -0.4 is 4.90 Å². The largest absolute Gasteiger partial charge is 0.370 e. The molecule has 2 N–H and O–H groups in total. The van der Waals surface area contributed by atoms with Crippen molar-refractivity contribution in [3.63, 3.8) is 0 Å². The van der Waals surface area contributed by atoms with Gasteiger partial charge in [-0.25, -0.2) is 4.39 Å². The first-order valence-electron chi connectivity index (χ1n) is 12.1. The van der Waals surface area contributed by atoms with E-state index in [1.165, 1.54) is 12.1 Å². The SMILES string of the molecule is N#CC1(c2ccccc2)CCN(c2c(C(=O)N3CC4(C3)CS(O)(O)C4)cnc3ccc(F)cc23)CC1. The number of rotatable bonds is 3. The van der Waals surface area contributed by atoms with Gasteiger partial charge in [0.15, 0.2) is 0 Å². The van der Waals surface area contributed by atoms with Gasteiger partial charge in [0, 0.05) is 54.7 Å². The van der Waals surface area contributed by atoms with E-state index in [1.807, 2.05) is 30.3 Å². The lowest BCUT2D eigenvalue weighted by Gasteiger charge is -2.63. The van der Waals surface area contributed by atoms with Crippen LogP contribution in [0.5, 0.6) is 0 Å². The lowest BCUT2D eigenvalue weighted by Crippen LogP contribution is -2.67. The number of amides is 1. The second-order valence-corrected chi connectivity index (χ2v) is 12.7. The van der Waals surface area contributed by atoms with Crippen LogP contribution in [0.3, 0.4) is 0 Å². The number of carbonyl (C=O) groups is 1. The number of anilines is 1. The highest BCUT2D eigenvalue weighted by Crippen LogP contribution is 2.62. The Morgan fingerprint density at radius 2 is 1.78 bits per heavy atom. The first kappa shape index (κ1) is 23.2. The van der Waals surface area contributed by atoms with Crippen LogP contribution >= 0.6 is 10.6 Å². The van der Waals surface area contributed by atoms with Gasteiger partial charge < -0.3 is 9.80 Å². The standard InChI is InChI=1S/C27H27FN4O3S/c28-20-6-7-23-21(12-20)24(31-10-8-27(14-29,9-11-31)19-4-2-1-3-5-19)22(13-30-23)25(33)32-15-26(16-32)17-36(34,35)18-26/h1-7,12-13,34-35H,8-11,15-18H2. The maximum atomic E-state index is 14.3. The molecule has 3 aliphatic rings. The summed E-state index contributed by atoms with van der Waals surface area (Å²) >= 11 is 0. The van der Waals surface area contributed by atoms with Crippen LogP contribution in [-0.4, -0.2) is 62.6 Å². The molecule has 2 aromatic carbocycles. The summed E-state index contributed by atoms with van der Waals surface area (Å²) in [7, 11) is -2.49. The summed E-state index contributed by atoms with van der Waals surface area (Å²) in [5.74, 6) is 0.113. The lowest BCUT2D eigenvalue weighted by atomic mass is 9.74. The predicted octanol–water partition coefficient (Wildman–Crippen LogP) is 4.64. The monoisotopic (exact) mass is 506 g/mol. The zero-order valence-corrected chi connectivity index (χ0v) is 20.5. The summed E-state index contributed by atoms with van der Waals surface area (Å²) in [5, 5.41) is 10.7. The molecule has 186 valence electrons. The van der Waals surface area contributed by atoms with Gasteiger partial charge in [0.25, 0.3) is 5.91 Å². The van der Waals surface area contributed by atoms with E-state index in [4.69, 9.17) is 0 Å². The number of likely N-dealkylation sites (tertiary alicyclic amines) is 1.